The molecule has 0 N–H and O–H groups in total. The summed E-state index contributed by atoms with van der Waals surface area (Å²) < 4.78 is 9.85. The fourth-order valence-corrected chi connectivity index (χ4v) is 10.9. The van der Waals surface area contributed by atoms with Crippen LogP contribution in [0, 0.1) is 0 Å². The summed E-state index contributed by atoms with van der Waals surface area (Å²) in [6, 6.07) is 84.4. The third kappa shape index (κ3) is 4.88. The molecule has 64 heavy (non-hydrogen) atoms. The summed E-state index contributed by atoms with van der Waals surface area (Å²) in [5.74, 6) is 0. The molecule has 0 radical (unpaired) electrons. The second-order valence-electron chi connectivity index (χ2n) is 16.9. The minimum absolute atomic E-state index is 1.13. The molecule has 0 amide bonds. The van der Waals surface area contributed by atoms with Gasteiger partial charge in [0.2, 0.25) is 0 Å². The van der Waals surface area contributed by atoms with Crippen molar-refractivity contribution in [3.8, 4) is 33.9 Å². The SMILES string of the molecule is c1ccc(-n2c3ccccc3c3cc(-c4ccc5c(c4)c4ccc6c(c7c(ccc8c9ccccc9n(-c9ccccc9)c87)n6-c6ccccc6)c4n5-c4ccccc4)ccc32)cc1. The van der Waals surface area contributed by atoms with E-state index in [4.69, 9.17) is 0 Å². The molecular formula is C60H38N4. The molecule has 0 aliphatic heterocycles. The Labute approximate surface area is 368 Å². The van der Waals surface area contributed by atoms with Crippen LogP contribution in [0.25, 0.3) is 121 Å². The predicted molar refractivity (Wildman–Crippen MR) is 269 cm³/mol. The number of para-hydroxylation sites is 6. The van der Waals surface area contributed by atoms with Gasteiger partial charge in [-0.15, -0.1) is 0 Å². The Balaban J connectivity index is 1.12. The minimum atomic E-state index is 1.13. The van der Waals surface area contributed by atoms with Crippen LogP contribution in [0.15, 0.2) is 231 Å². The Bertz CT molecular complexity index is 4150. The molecule has 0 spiro atoms. The molecule has 0 bridgehead atoms. The molecule has 14 aromatic rings. The zero-order valence-corrected chi connectivity index (χ0v) is 34.7. The van der Waals surface area contributed by atoms with Gasteiger partial charge in [-0.2, -0.15) is 0 Å². The molecule has 0 unspecified atom stereocenters. The molecule has 4 nitrogen and oxygen atoms in total. The van der Waals surface area contributed by atoms with E-state index >= 15 is 0 Å². The molecule has 0 saturated heterocycles. The van der Waals surface area contributed by atoms with Gasteiger partial charge in [0.1, 0.15) is 0 Å². The number of hydrogen-bond acceptors (Lipinski definition) is 0. The lowest BCUT2D eigenvalue weighted by Gasteiger charge is -2.11. The molecule has 10 aromatic carbocycles. The van der Waals surface area contributed by atoms with E-state index in [0.29, 0.717) is 0 Å². The van der Waals surface area contributed by atoms with Gasteiger partial charge in [-0.05, 0) is 108 Å². The van der Waals surface area contributed by atoms with Crippen LogP contribution in [-0.4, -0.2) is 18.3 Å². The summed E-state index contributed by atoms with van der Waals surface area (Å²) in [6.45, 7) is 0. The number of aromatic nitrogens is 4. The number of rotatable bonds is 5. The van der Waals surface area contributed by atoms with Crippen LogP contribution in [0.3, 0.4) is 0 Å². The predicted octanol–water partition coefficient (Wildman–Crippen LogP) is 15.7. The van der Waals surface area contributed by atoms with Crippen molar-refractivity contribution in [2.24, 2.45) is 0 Å². The van der Waals surface area contributed by atoms with Gasteiger partial charge in [-0.1, -0.05) is 133 Å². The monoisotopic (exact) mass is 814 g/mol. The maximum absolute atomic E-state index is 2.51. The number of fused-ring (bicyclic) bond motifs is 14. The van der Waals surface area contributed by atoms with E-state index in [9.17, 15) is 0 Å². The van der Waals surface area contributed by atoms with E-state index in [0.717, 1.165) is 22.7 Å². The second-order valence-corrected chi connectivity index (χ2v) is 16.9. The highest BCUT2D eigenvalue weighted by molar-refractivity contribution is 6.33. The van der Waals surface area contributed by atoms with Crippen LogP contribution < -0.4 is 0 Å². The first-order valence-electron chi connectivity index (χ1n) is 22.0. The van der Waals surface area contributed by atoms with Crippen molar-refractivity contribution >= 4 is 87.2 Å². The van der Waals surface area contributed by atoms with Crippen LogP contribution >= 0.6 is 0 Å². The van der Waals surface area contributed by atoms with Crippen molar-refractivity contribution in [3.63, 3.8) is 0 Å². The zero-order chi connectivity index (χ0) is 41.9. The molecule has 14 rings (SSSR count). The van der Waals surface area contributed by atoms with E-state index < -0.39 is 0 Å². The number of nitrogens with zero attached hydrogens (tertiary/aromatic N) is 4. The Morgan fingerprint density at radius 2 is 0.516 bits per heavy atom. The first-order chi connectivity index (χ1) is 31.8. The van der Waals surface area contributed by atoms with Crippen molar-refractivity contribution in [2.75, 3.05) is 0 Å². The van der Waals surface area contributed by atoms with E-state index in [1.54, 1.807) is 0 Å². The fourth-order valence-electron chi connectivity index (χ4n) is 10.9. The molecule has 0 aliphatic rings. The van der Waals surface area contributed by atoms with Crippen LogP contribution in [0.1, 0.15) is 0 Å². The van der Waals surface area contributed by atoms with Crippen molar-refractivity contribution in [1.82, 2.24) is 18.3 Å². The summed E-state index contributed by atoms with van der Waals surface area (Å²) in [5.41, 5.74) is 16.5. The van der Waals surface area contributed by atoms with Crippen molar-refractivity contribution < 1.29 is 0 Å². The van der Waals surface area contributed by atoms with Gasteiger partial charge in [-0.25, -0.2) is 0 Å². The first-order valence-corrected chi connectivity index (χ1v) is 22.0. The molecule has 298 valence electrons. The summed E-state index contributed by atoms with van der Waals surface area (Å²) in [7, 11) is 0. The van der Waals surface area contributed by atoms with Crippen molar-refractivity contribution in [3.05, 3.63) is 231 Å². The van der Waals surface area contributed by atoms with Crippen LogP contribution in [0.2, 0.25) is 0 Å². The van der Waals surface area contributed by atoms with Gasteiger partial charge in [0.25, 0.3) is 0 Å². The average Bonchev–Trinajstić information content (AvgIpc) is 4.09. The molecular weight excluding hydrogens is 777 g/mol. The highest BCUT2D eigenvalue weighted by atomic mass is 15.0. The minimum Gasteiger partial charge on any atom is -0.309 e. The van der Waals surface area contributed by atoms with Crippen molar-refractivity contribution in [2.45, 2.75) is 0 Å². The van der Waals surface area contributed by atoms with Gasteiger partial charge < -0.3 is 18.3 Å². The Hall–Kier alpha value is -8.60. The maximum Gasteiger partial charge on any atom is 0.0642 e. The standard InChI is InChI=1S/C60H38N4/c1-5-17-41(18-6-1)61-51-27-15-14-26-46(51)49-37-39(29-33-53(49)61)40-30-34-54-50(38-40)48-32-36-56-58(60(48)64(54)44-23-11-4-12-24-44)57-55(62(56)42-19-7-2-8-20-42)35-31-47-45-25-13-16-28-52(45)63(59(47)57)43-21-9-3-10-22-43/h1-38H. The summed E-state index contributed by atoms with van der Waals surface area (Å²) in [5, 5.41) is 9.90. The third-order valence-electron chi connectivity index (χ3n) is 13.5. The smallest absolute Gasteiger partial charge is 0.0642 e. The Morgan fingerprint density at radius 1 is 0.203 bits per heavy atom. The fraction of sp³-hybridized carbons (Fsp3) is 0. The quantitative estimate of drug-likeness (QED) is 0.165. The van der Waals surface area contributed by atoms with E-state index in [2.05, 4.69) is 249 Å². The average molecular weight is 815 g/mol. The van der Waals surface area contributed by atoms with Crippen LogP contribution in [0.4, 0.5) is 0 Å². The molecule has 0 aliphatic carbocycles. The van der Waals surface area contributed by atoms with Crippen molar-refractivity contribution in [1.29, 1.82) is 0 Å². The van der Waals surface area contributed by atoms with Gasteiger partial charge in [-0.3, -0.25) is 0 Å². The Morgan fingerprint density at radius 3 is 1.00 bits per heavy atom. The highest BCUT2D eigenvalue weighted by Gasteiger charge is 2.25. The van der Waals surface area contributed by atoms with Gasteiger partial charge in [0, 0.05) is 65.8 Å². The Kier molecular flexibility index (Phi) is 7.36. The van der Waals surface area contributed by atoms with E-state index in [1.165, 1.54) is 98.4 Å². The maximum atomic E-state index is 2.51. The molecule has 0 atom stereocenters. The number of benzene rings is 10. The van der Waals surface area contributed by atoms with Crippen LogP contribution in [0.5, 0.6) is 0 Å². The molecule has 4 heteroatoms. The lowest BCUT2D eigenvalue weighted by atomic mass is 10.00. The lowest BCUT2D eigenvalue weighted by molar-refractivity contribution is 1.17. The molecule has 0 saturated carbocycles. The van der Waals surface area contributed by atoms with E-state index in [1.807, 2.05) is 0 Å². The van der Waals surface area contributed by atoms with E-state index in [-0.39, 0.29) is 0 Å². The zero-order valence-electron chi connectivity index (χ0n) is 34.7. The summed E-state index contributed by atoms with van der Waals surface area (Å²) in [6.07, 6.45) is 0. The lowest BCUT2D eigenvalue weighted by Crippen LogP contribution is -1.95. The molecule has 4 heterocycles. The third-order valence-corrected chi connectivity index (χ3v) is 13.5. The van der Waals surface area contributed by atoms with Gasteiger partial charge in [0.15, 0.2) is 0 Å². The van der Waals surface area contributed by atoms with Gasteiger partial charge >= 0.3 is 0 Å². The normalized spacial score (nSPS) is 12.1. The molecule has 4 aromatic heterocycles. The second kappa shape index (κ2) is 13.4. The topological polar surface area (TPSA) is 19.7 Å². The summed E-state index contributed by atoms with van der Waals surface area (Å²) in [4.78, 5) is 0. The number of hydrogen-bond donors (Lipinski definition) is 0. The molecule has 0 fully saturated rings. The first kappa shape index (κ1) is 35.0. The van der Waals surface area contributed by atoms with Crippen LogP contribution in [-0.2, 0) is 0 Å². The summed E-state index contributed by atoms with van der Waals surface area (Å²) >= 11 is 0. The highest BCUT2D eigenvalue weighted by Crippen LogP contribution is 2.47. The van der Waals surface area contributed by atoms with Gasteiger partial charge in [0.05, 0.1) is 44.1 Å². The largest absolute Gasteiger partial charge is 0.309 e.